The summed E-state index contributed by atoms with van der Waals surface area (Å²) in [6.45, 7) is 0. The second-order valence-electron chi connectivity index (χ2n) is 3.32. The van der Waals surface area contributed by atoms with Gasteiger partial charge in [-0.2, -0.15) is 5.26 Å². The Morgan fingerprint density at radius 2 is 1.18 bits per heavy atom. The first kappa shape index (κ1) is 11.0. The highest BCUT2D eigenvalue weighted by Crippen LogP contribution is 2.15. The molecule has 3 heteroatoms. The highest BCUT2D eigenvalue weighted by atomic mass is 16.7. The van der Waals surface area contributed by atoms with Crippen molar-refractivity contribution in [3.63, 3.8) is 0 Å². The van der Waals surface area contributed by atoms with E-state index in [-0.39, 0.29) is 0 Å². The summed E-state index contributed by atoms with van der Waals surface area (Å²) in [4.78, 5) is 0. The van der Waals surface area contributed by atoms with Gasteiger partial charge in [0.05, 0.1) is 0 Å². The molecule has 3 nitrogen and oxygen atoms in total. The molecular formula is C14H11NO2. The molecule has 0 saturated heterocycles. The predicted octanol–water partition coefficient (Wildman–Crippen LogP) is 2.99. The number of rotatable bonds is 4. The van der Waals surface area contributed by atoms with Crippen LogP contribution in [0.5, 0.6) is 11.5 Å². The molecule has 2 aromatic rings. The van der Waals surface area contributed by atoms with Gasteiger partial charge in [-0.1, -0.05) is 36.4 Å². The molecule has 0 amide bonds. The Morgan fingerprint density at radius 3 is 1.53 bits per heavy atom. The second-order valence-corrected chi connectivity index (χ2v) is 3.32. The Kier molecular flexibility index (Phi) is 3.61. The van der Waals surface area contributed by atoms with Crippen LogP contribution >= 0.6 is 0 Å². The van der Waals surface area contributed by atoms with Crippen LogP contribution in [0.25, 0.3) is 0 Å². The van der Waals surface area contributed by atoms with Gasteiger partial charge in [-0.15, -0.1) is 0 Å². The average molecular weight is 225 g/mol. The predicted molar refractivity (Wildman–Crippen MR) is 63.5 cm³/mol. The van der Waals surface area contributed by atoms with Gasteiger partial charge < -0.3 is 9.47 Å². The largest absolute Gasteiger partial charge is 0.443 e. The van der Waals surface area contributed by atoms with E-state index in [1.807, 2.05) is 42.5 Å². The number of nitrogens with zero attached hydrogens (tertiary/aromatic N) is 1. The van der Waals surface area contributed by atoms with E-state index in [9.17, 15) is 0 Å². The molecule has 0 radical (unpaired) electrons. The average Bonchev–Trinajstić information content (AvgIpc) is 2.40. The molecule has 0 spiro atoms. The highest BCUT2D eigenvalue weighted by molar-refractivity contribution is 5.24. The van der Waals surface area contributed by atoms with Crippen LogP contribution in [-0.4, -0.2) is 6.29 Å². The van der Waals surface area contributed by atoms with Crippen LogP contribution in [0.4, 0.5) is 0 Å². The Bertz CT molecular complexity index is 449. The van der Waals surface area contributed by atoms with Crippen LogP contribution in [0.1, 0.15) is 0 Å². The van der Waals surface area contributed by atoms with Crippen LogP contribution in [0, 0.1) is 11.3 Å². The Morgan fingerprint density at radius 1 is 0.765 bits per heavy atom. The summed E-state index contributed by atoms with van der Waals surface area (Å²) in [7, 11) is 0. The van der Waals surface area contributed by atoms with Crippen molar-refractivity contribution in [1.82, 2.24) is 0 Å². The molecule has 2 aromatic carbocycles. The van der Waals surface area contributed by atoms with Crippen LogP contribution in [0.3, 0.4) is 0 Å². The molecule has 2 rings (SSSR count). The monoisotopic (exact) mass is 225 g/mol. The van der Waals surface area contributed by atoms with E-state index in [1.165, 1.54) is 0 Å². The fourth-order valence-corrected chi connectivity index (χ4v) is 1.32. The number of nitriles is 1. The van der Waals surface area contributed by atoms with Crippen molar-refractivity contribution in [2.45, 2.75) is 6.29 Å². The fraction of sp³-hybridized carbons (Fsp3) is 0.0714. The zero-order valence-electron chi connectivity index (χ0n) is 9.11. The molecule has 0 bridgehead atoms. The van der Waals surface area contributed by atoms with Gasteiger partial charge in [0, 0.05) is 0 Å². The minimum atomic E-state index is -0.945. The van der Waals surface area contributed by atoms with Crippen molar-refractivity contribution in [3.8, 4) is 17.6 Å². The van der Waals surface area contributed by atoms with Gasteiger partial charge in [0.2, 0.25) is 0 Å². The van der Waals surface area contributed by atoms with Crippen molar-refractivity contribution in [1.29, 1.82) is 5.26 Å². The molecular weight excluding hydrogens is 214 g/mol. The van der Waals surface area contributed by atoms with Gasteiger partial charge in [0.15, 0.2) is 6.07 Å². The first-order valence-electron chi connectivity index (χ1n) is 5.21. The van der Waals surface area contributed by atoms with Crippen molar-refractivity contribution < 1.29 is 9.47 Å². The molecule has 0 aliphatic rings. The van der Waals surface area contributed by atoms with Crippen LogP contribution in [0.2, 0.25) is 0 Å². The van der Waals surface area contributed by atoms with E-state index in [4.69, 9.17) is 14.7 Å². The van der Waals surface area contributed by atoms with E-state index in [0.29, 0.717) is 11.5 Å². The first-order valence-corrected chi connectivity index (χ1v) is 5.21. The molecule has 0 fully saturated rings. The standard InChI is InChI=1S/C14H11NO2/c15-11-14(16-12-7-3-1-4-8-12)17-13-9-5-2-6-10-13/h1-10,14H. The fourth-order valence-electron chi connectivity index (χ4n) is 1.32. The maximum absolute atomic E-state index is 8.95. The molecule has 84 valence electrons. The summed E-state index contributed by atoms with van der Waals surface area (Å²) in [5.74, 6) is 1.21. The van der Waals surface area contributed by atoms with Crippen LogP contribution in [-0.2, 0) is 0 Å². The number of benzene rings is 2. The van der Waals surface area contributed by atoms with Gasteiger partial charge in [0.1, 0.15) is 11.5 Å². The number of para-hydroxylation sites is 2. The molecule has 0 aromatic heterocycles. The van der Waals surface area contributed by atoms with Crippen molar-refractivity contribution in [2.75, 3.05) is 0 Å². The maximum atomic E-state index is 8.95. The lowest BCUT2D eigenvalue weighted by molar-refractivity contribution is 0.0537. The van der Waals surface area contributed by atoms with Crippen LogP contribution in [0.15, 0.2) is 60.7 Å². The lowest BCUT2D eigenvalue weighted by atomic mass is 10.3. The van der Waals surface area contributed by atoms with Crippen molar-refractivity contribution in [2.24, 2.45) is 0 Å². The smallest absolute Gasteiger partial charge is 0.331 e. The molecule has 0 aliphatic heterocycles. The normalized spacial score (nSPS) is 9.65. The van der Waals surface area contributed by atoms with Gasteiger partial charge in [-0.25, -0.2) is 0 Å². The second kappa shape index (κ2) is 5.57. The van der Waals surface area contributed by atoms with E-state index < -0.39 is 6.29 Å². The zero-order valence-corrected chi connectivity index (χ0v) is 9.11. The van der Waals surface area contributed by atoms with Gasteiger partial charge in [0.25, 0.3) is 0 Å². The quantitative estimate of drug-likeness (QED) is 0.751. The molecule has 17 heavy (non-hydrogen) atoms. The van der Waals surface area contributed by atoms with Crippen LogP contribution < -0.4 is 9.47 Å². The summed E-state index contributed by atoms with van der Waals surface area (Å²) >= 11 is 0. The van der Waals surface area contributed by atoms with Crippen molar-refractivity contribution in [3.05, 3.63) is 60.7 Å². The number of hydrogen-bond acceptors (Lipinski definition) is 3. The van der Waals surface area contributed by atoms with E-state index in [1.54, 1.807) is 24.3 Å². The Labute approximate surface area is 99.8 Å². The van der Waals surface area contributed by atoms with Crippen molar-refractivity contribution >= 4 is 0 Å². The molecule has 0 atom stereocenters. The number of hydrogen-bond donors (Lipinski definition) is 0. The number of ether oxygens (including phenoxy) is 2. The van der Waals surface area contributed by atoms with E-state index >= 15 is 0 Å². The topological polar surface area (TPSA) is 42.2 Å². The third-order valence-electron chi connectivity index (χ3n) is 2.08. The summed E-state index contributed by atoms with van der Waals surface area (Å²) < 4.78 is 10.8. The lowest BCUT2D eigenvalue weighted by Gasteiger charge is -2.13. The summed E-state index contributed by atoms with van der Waals surface area (Å²) in [6, 6.07) is 20.2. The molecule has 0 saturated carbocycles. The molecule has 0 aliphatic carbocycles. The Balaban J connectivity index is 2.01. The molecule has 0 N–H and O–H groups in total. The molecule has 0 heterocycles. The third-order valence-corrected chi connectivity index (χ3v) is 2.08. The summed E-state index contributed by atoms with van der Waals surface area (Å²) in [6.07, 6.45) is -0.945. The third kappa shape index (κ3) is 3.25. The summed E-state index contributed by atoms with van der Waals surface area (Å²) in [5, 5.41) is 8.95. The first-order chi connectivity index (χ1) is 8.38. The SMILES string of the molecule is N#CC(Oc1ccccc1)Oc1ccccc1. The van der Waals surface area contributed by atoms with Gasteiger partial charge in [-0.05, 0) is 24.3 Å². The Hall–Kier alpha value is -2.47. The highest BCUT2D eigenvalue weighted by Gasteiger charge is 2.10. The van der Waals surface area contributed by atoms with E-state index in [0.717, 1.165) is 0 Å². The maximum Gasteiger partial charge on any atom is 0.331 e. The zero-order chi connectivity index (χ0) is 11.9. The summed E-state index contributed by atoms with van der Waals surface area (Å²) in [5.41, 5.74) is 0. The lowest BCUT2D eigenvalue weighted by Crippen LogP contribution is -2.21. The van der Waals surface area contributed by atoms with E-state index in [2.05, 4.69) is 0 Å². The molecule has 0 unspecified atom stereocenters. The minimum absolute atomic E-state index is 0.606. The van der Waals surface area contributed by atoms with Gasteiger partial charge in [-0.3, -0.25) is 0 Å². The van der Waals surface area contributed by atoms with Gasteiger partial charge >= 0.3 is 6.29 Å². The minimum Gasteiger partial charge on any atom is -0.443 e.